The zero-order valence-corrected chi connectivity index (χ0v) is 13.8. The number of hydrogen-bond donors (Lipinski definition) is 0. The Morgan fingerprint density at radius 2 is 1.48 bits per heavy atom. The fourth-order valence-corrected chi connectivity index (χ4v) is 3.41. The Morgan fingerprint density at radius 3 is 1.90 bits per heavy atom. The molecular formula is C17H30O4. The minimum Gasteiger partial charge on any atom is -0.465 e. The summed E-state index contributed by atoms with van der Waals surface area (Å²) in [6, 6.07) is 0. The summed E-state index contributed by atoms with van der Waals surface area (Å²) in [6.45, 7) is 6.15. The standard InChI is InChI=1S/C17H30O4/c1-4-12-17(15(18)20-5-2,16(19)21-6-3)13-14-10-8-7-9-11-14/h14H,4-13H2,1-3H3. The average Bonchev–Trinajstić information content (AvgIpc) is 2.48. The Morgan fingerprint density at radius 1 is 0.952 bits per heavy atom. The fraction of sp³-hybridized carbons (Fsp3) is 0.882. The van der Waals surface area contributed by atoms with Gasteiger partial charge in [-0.2, -0.15) is 0 Å². The molecule has 1 saturated carbocycles. The Balaban J connectivity index is 2.96. The first-order chi connectivity index (χ1) is 10.1. The van der Waals surface area contributed by atoms with Gasteiger partial charge in [-0.15, -0.1) is 0 Å². The molecule has 0 radical (unpaired) electrons. The van der Waals surface area contributed by atoms with Crippen molar-refractivity contribution >= 4 is 11.9 Å². The van der Waals surface area contributed by atoms with Crippen LogP contribution in [0.3, 0.4) is 0 Å². The second kappa shape index (κ2) is 9.06. The van der Waals surface area contributed by atoms with Crippen LogP contribution in [0.4, 0.5) is 0 Å². The fourth-order valence-electron chi connectivity index (χ4n) is 3.41. The highest BCUT2D eigenvalue weighted by Crippen LogP contribution is 2.40. The van der Waals surface area contributed by atoms with Gasteiger partial charge in [0.25, 0.3) is 0 Å². The highest BCUT2D eigenvalue weighted by molar-refractivity contribution is 6.00. The van der Waals surface area contributed by atoms with E-state index >= 15 is 0 Å². The average molecular weight is 298 g/mol. The number of carbonyl (C=O) groups is 2. The lowest BCUT2D eigenvalue weighted by atomic mass is 9.72. The Kier molecular flexibility index (Phi) is 7.76. The molecule has 0 aliphatic heterocycles. The van der Waals surface area contributed by atoms with Gasteiger partial charge in [0.15, 0.2) is 5.41 Å². The van der Waals surface area contributed by atoms with Crippen LogP contribution >= 0.6 is 0 Å². The lowest BCUT2D eigenvalue weighted by molar-refractivity contribution is -0.174. The van der Waals surface area contributed by atoms with Gasteiger partial charge in [0, 0.05) is 0 Å². The van der Waals surface area contributed by atoms with Crippen LogP contribution in [0.15, 0.2) is 0 Å². The number of carbonyl (C=O) groups excluding carboxylic acids is 2. The van der Waals surface area contributed by atoms with Crippen molar-refractivity contribution in [2.75, 3.05) is 13.2 Å². The summed E-state index contributed by atoms with van der Waals surface area (Å²) in [4.78, 5) is 25.0. The summed E-state index contributed by atoms with van der Waals surface area (Å²) in [5.74, 6) is -0.356. The minimum atomic E-state index is -1.09. The number of esters is 2. The van der Waals surface area contributed by atoms with Crippen molar-refractivity contribution in [3.63, 3.8) is 0 Å². The van der Waals surface area contributed by atoms with Crippen molar-refractivity contribution in [2.45, 2.75) is 72.1 Å². The Labute approximate surface area is 128 Å². The van der Waals surface area contributed by atoms with Crippen molar-refractivity contribution in [3.8, 4) is 0 Å². The van der Waals surface area contributed by atoms with Crippen LogP contribution in [0, 0.1) is 11.3 Å². The molecule has 4 heteroatoms. The first-order valence-corrected chi connectivity index (χ1v) is 8.45. The number of ether oxygens (including phenoxy) is 2. The van der Waals surface area contributed by atoms with E-state index < -0.39 is 17.4 Å². The van der Waals surface area contributed by atoms with E-state index in [1.54, 1.807) is 13.8 Å². The molecule has 0 aromatic heterocycles. The molecule has 0 amide bonds. The molecule has 0 atom stereocenters. The topological polar surface area (TPSA) is 52.6 Å². The third-order valence-electron chi connectivity index (χ3n) is 4.37. The second-order valence-corrected chi connectivity index (χ2v) is 5.98. The summed E-state index contributed by atoms with van der Waals surface area (Å²) >= 11 is 0. The first kappa shape index (κ1) is 18.0. The van der Waals surface area contributed by atoms with Crippen LogP contribution in [0.1, 0.15) is 72.1 Å². The maximum absolute atomic E-state index is 12.5. The molecule has 122 valence electrons. The molecule has 1 aliphatic carbocycles. The summed E-state index contributed by atoms with van der Waals surface area (Å²) in [7, 11) is 0. The zero-order chi connectivity index (χ0) is 15.7. The SMILES string of the molecule is CCCC(CC1CCCCC1)(C(=O)OCC)C(=O)OCC. The molecule has 21 heavy (non-hydrogen) atoms. The van der Waals surface area contributed by atoms with Crippen molar-refractivity contribution in [1.29, 1.82) is 0 Å². The van der Waals surface area contributed by atoms with Crippen molar-refractivity contribution in [3.05, 3.63) is 0 Å². The van der Waals surface area contributed by atoms with Gasteiger partial charge in [-0.05, 0) is 32.6 Å². The van der Waals surface area contributed by atoms with E-state index in [9.17, 15) is 9.59 Å². The lowest BCUT2D eigenvalue weighted by Crippen LogP contribution is -2.44. The minimum absolute atomic E-state index is 0.300. The molecule has 0 bridgehead atoms. The maximum Gasteiger partial charge on any atom is 0.323 e. The Hall–Kier alpha value is -1.06. The number of rotatable bonds is 8. The molecule has 1 fully saturated rings. The van der Waals surface area contributed by atoms with Gasteiger partial charge in [0.05, 0.1) is 13.2 Å². The predicted molar refractivity (Wildman–Crippen MR) is 81.8 cm³/mol. The monoisotopic (exact) mass is 298 g/mol. The van der Waals surface area contributed by atoms with Gasteiger partial charge in [-0.25, -0.2) is 0 Å². The predicted octanol–water partition coefficient (Wildman–Crippen LogP) is 3.87. The second-order valence-electron chi connectivity index (χ2n) is 5.98. The largest absolute Gasteiger partial charge is 0.465 e. The third kappa shape index (κ3) is 4.72. The molecule has 0 saturated heterocycles. The normalized spacial score (nSPS) is 16.5. The van der Waals surface area contributed by atoms with E-state index in [0.29, 0.717) is 32.0 Å². The van der Waals surface area contributed by atoms with Crippen LogP contribution in [0.2, 0.25) is 0 Å². The Bertz CT molecular complexity index is 314. The summed E-state index contributed by atoms with van der Waals surface area (Å²) in [5, 5.41) is 0. The molecule has 1 rings (SSSR count). The van der Waals surface area contributed by atoms with E-state index in [1.165, 1.54) is 19.3 Å². The van der Waals surface area contributed by atoms with E-state index in [0.717, 1.165) is 19.3 Å². The van der Waals surface area contributed by atoms with Gasteiger partial charge in [0.1, 0.15) is 0 Å². The highest BCUT2D eigenvalue weighted by Gasteiger charge is 2.49. The smallest absolute Gasteiger partial charge is 0.323 e. The number of hydrogen-bond acceptors (Lipinski definition) is 4. The highest BCUT2D eigenvalue weighted by atomic mass is 16.6. The molecule has 0 aromatic carbocycles. The quantitative estimate of drug-likeness (QED) is 0.504. The molecule has 0 heterocycles. The summed E-state index contributed by atoms with van der Waals surface area (Å²) in [5.41, 5.74) is -1.09. The van der Waals surface area contributed by atoms with Gasteiger partial charge in [-0.3, -0.25) is 9.59 Å². The molecule has 0 aromatic rings. The van der Waals surface area contributed by atoms with Crippen molar-refractivity contribution < 1.29 is 19.1 Å². The van der Waals surface area contributed by atoms with Crippen LogP contribution in [-0.4, -0.2) is 25.2 Å². The van der Waals surface area contributed by atoms with E-state index in [-0.39, 0.29) is 0 Å². The van der Waals surface area contributed by atoms with Crippen LogP contribution in [0.25, 0.3) is 0 Å². The molecular weight excluding hydrogens is 268 g/mol. The van der Waals surface area contributed by atoms with Gasteiger partial charge >= 0.3 is 11.9 Å². The lowest BCUT2D eigenvalue weighted by Gasteiger charge is -2.33. The van der Waals surface area contributed by atoms with E-state index in [4.69, 9.17) is 9.47 Å². The van der Waals surface area contributed by atoms with E-state index in [2.05, 4.69) is 0 Å². The van der Waals surface area contributed by atoms with Crippen molar-refractivity contribution in [2.24, 2.45) is 11.3 Å². The first-order valence-electron chi connectivity index (χ1n) is 8.45. The van der Waals surface area contributed by atoms with Crippen LogP contribution in [-0.2, 0) is 19.1 Å². The zero-order valence-electron chi connectivity index (χ0n) is 13.8. The molecule has 4 nitrogen and oxygen atoms in total. The van der Waals surface area contributed by atoms with Crippen LogP contribution < -0.4 is 0 Å². The molecule has 0 spiro atoms. The summed E-state index contributed by atoms with van der Waals surface area (Å²) < 4.78 is 10.5. The molecule has 0 N–H and O–H groups in total. The third-order valence-corrected chi connectivity index (χ3v) is 4.37. The van der Waals surface area contributed by atoms with Gasteiger partial charge in [-0.1, -0.05) is 45.4 Å². The van der Waals surface area contributed by atoms with Gasteiger partial charge in [0.2, 0.25) is 0 Å². The van der Waals surface area contributed by atoms with Gasteiger partial charge < -0.3 is 9.47 Å². The van der Waals surface area contributed by atoms with Crippen LogP contribution in [0.5, 0.6) is 0 Å². The molecule has 0 unspecified atom stereocenters. The van der Waals surface area contributed by atoms with E-state index in [1.807, 2.05) is 6.92 Å². The molecule has 1 aliphatic rings. The summed E-state index contributed by atoms with van der Waals surface area (Å²) in [6.07, 6.45) is 7.71. The van der Waals surface area contributed by atoms with Crippen molar-refractivity contribution in [1.82, 2.24) is 0 Å². The maximum atomic E-state index is 12.5.